The lowest BCUT2D eigenvalue weighted by Crippen LogP contribution is -2.48. The van der Waals surface area contributed by atoms with Gasteiger partial charge in [0.05, 0.1) is 0 Å². The standard InChI is InChI=1S/C12H26O4SSi/c1-6-12(17-11(5)13)10-18(14-7-2,15-8-3)16-9-4/h12H,6-10H2,1-5H3. The van der Waals surface area contributed by atoms with Crippen LogP contribution >= 0.6 is 11.8 Å². The molecule has 0 aromatic rings. The lowest BCUT2D eigenvalue weighted by Gasteiger charge is -2.30. The first-order valence-corrected chi connectivity index (χ1v) is 9.43. The van der Waals surface area contributed by atoms with E-state index in [1.165, 1.54) is 11.8 Å². The molecule has 0 bridgehead atoms. The molecule has 18 heavy (non-hydrogen) atoms. The van der Waals surface area contributed by atoms with E-state index in [9.17, 15) is 4.79 Å². The van der Waals surface area contributed by atoms with Gasteiger partial charge in [0.2, 0.25) is 0 Å². The fourth-order valence-corrected chi connectivity index (χ4v) is 6.10. The highest BCUT2D eigenvalue weighted by Crippen LogP contribution is 2.28. The molecule has 4 nitrogen and oxygen atoms in total. The molecular weight excluding hydrogens is 268 g/mol. The van der Waals surface area contributed by atoms with Crippen LogP contribution in [0.1, 0.15) is 41.0 Å². The van der Waals surface area contributed by atoms with Crippen molar-refractivity contribution < 1.29 is 18.1 Å². The first-order chi connectivity index (χ1) is 8.53. The van der Waals surface area contributed by atoms with Gasteiger partial charge in [0.25, 0.3) is 0 Å². The highest BCUT2D eigenvalue weighted by molar-refractivity contribution is 8.14. The molecule has 108 valence electrons. The van der Waals surface area contributed by atoms with Crippen molar-refractivity contribution in [3.63, 3.8) is 0 Å². The third-order valence-corrected chi connectivity index (χ3v) is 7.00. The summed E-state index contributed by atoms with van der Waals surface area (Å²) >= 11 is 1.36. The molecule has 0 rings (SSSR count). The van der Waals surface area contributed by atoms with Gasteiger partial charge in [-0.05, 0) is 27.2 Å². The Morgan fingerprint density at radius 1 is 1.06 bits per heavy atom. The first kappa shape index (κ1) is 18.1. The van der Waals surface area contributed by atoms with E-state index in [0.29, 0.717) is 25.9 Å². The average molecular weight is 294 g/mol. The number of carbonyl (C=O) groups is 1. The molecule has 0 N–H and O–H groups in total. The monoisotopic (exact) mass is 294 g/mol. The minimum Gasteiger partial charge on any atom is -0.374 e. The number of hydrogen-bond acceptors (Lipinski definition) is 5. The van der Waals surface area contributed by atoms with Crippen molar-refractivity contribution in [1.29, 1.82) is 0 Å². The highest BCUT2D eigenvalue weighted by atomic mass is 32.2. The normalized spacial score (nSPS) is 13.6. The maximum absolute atomic E-state index is 11.2. The molecule has 0 amide bonds. The van der Waals surface area contributed by atoms with Crippen LogP contribution in [0.3, 0.4) is 0 Å². The van der Waals surface area contributed by atoms with Gasteiger partial charge in [-0.2, -0.15) is 0 Å². The highest BCUT2D eigenvalue weighted by Gasteiger charge is 2.42. The zero-order valence-electron chi connectivity index (χ0n) is 12.2. The predicted octanol–water partition coefficient (Wildman–Crippen LogP) is 3.09. The summed E-state index contributed by atoms with van der Waals surface area (Å²) in [6, 6.07) is 0.698. The summed E-state index contributed by atoms with van der Waals surface area (Å²) < 4.78 is 17.4. The molecule has 0 heterocycles. The van der Waals surface area contributed by atoms with Crippen LogP contribution in [-0.2, 0) is 18.1 Å². The maximum Gasteiger partial charge on any atom is 0.502 e. The van der Waals surface area contributed by atoms with E-state index in [1.807, 2.05) is 20.8 Å². The SMILES string of the molecule is CCO[Si](CC(CC)SC(C)=O)(OCC)OCC. The molecule has 0 aliphatic heterocycles. The third-order valence-electron chi connectivity index (χ3n) is 2.36. The Hall–Kier alpha value is 0.117. The second-order valence-corrected chi connectivity index (χ2v) is 7.94. The van der Waals surface area contributed by atoms with Gasteiger partial charge in [0.15, 0.2) is 5.12 Å². The van der Waals surface area contributed by atoms with Crippen molar-refractivity contribution >= 4 is 25.7 Å². The Morgan fingerprint density at radius 2 is 1.50 bits per heavy atom. The Labute approximate surface area is 116 Å². The van der Waals surface area contributed by atoms with E-state index in [0.717, 1.165) is 6.42 Å². The van der Waals surface area contributed by atoms with Crippen molar-refractivity contribution in [2.24, 2.45) is 0 Å². The molecule has 0 aliphatic carbocycles. The lowest BCUT2D eigenvalue weighted by atomic mass is 10.4. The van der Waals surface area contributed by atoms with Crippen molar-refractivity contribution in [2.75, 3.05) is 19.8 Å². The minimum atomic E-state index is -2.62. The quantitative estimate of drug-likeness (QED) is 0.579. The van der Waals surface area contributed by atoms with Crippen LogP contribution in [0.15, 0.2) is 0 Å². The molecule has 0 aromatic carbocycles. The van der Waals surface area contributed by atoms with Crippen molar-refractivity contribution in [1.82, 2.24) is 0 Å². The topological polar surface area (TPSA) is 44.8 Å². The van der Waals surface area contributed by atoms with Crippen molar-refractivity contribution in [3.8, 4) is 0 Å². The molecule has 0 fully saturated rings. The van der Waals surface area contributed by atoms with E-state index in [2.05, 4.69) is 6.92 Å². The summed E-state index contributed by atoms with van der Waals surface area (Å²) in [4.78, 5) is 11.2. The molecular formula is C12H26O4SSi. The van der Waals surface area contributed by atoms with E-state index >= 15 is 0 Å². The summed E-state index contributed by atoms with van der Waals surface area (Å²) in [5, 5.41) is 0.341. The van der Waals surface area contributed by atoms with Gasteiger partial charge in [-0.25, -0.2) is 0 Å². The van der Waals surface area contributed by atoms with Crippen LogP contribution in [0.5, 0.6) is 0 Å². The predicted molar refractivity (Wildman–Crippen MR) is 77.8 cm³/mol. The van der Waals surface area contributed by atoms with Gasteiger partial charge in [0.1, 0.15) is 0 Å². The average Bonchev–Trinajstić information content (AvgIpc) is 2.28. The Bertz CT molecular complexity index is 221. The van der Waals surface area contributed by atoms with Gasteiger partial charge >= 0.3 is 8.80 Å². The first-order valence-electron chi connectivity index (χ1n) is 6.62. The Morgan fingerprint density at radius 3 is 1.78 bits per heavy atom. The van der Waals surface area contributed by atoms with Crippen LogP contribution in [0, 0.1) is 0 Å². The second-order valence-electron chi connectivity index (χ2n) is 3.83. The van der Waals surface area contributed by atoms with Gasteiger partial charge in [-0.1, -0.05) is 18.7 Å². The van der Waals surface area contributed by atoms with E-state index in [-0.39, 0.29) is 10.4 Å². The second kappa shape index (κ2) is 9.97. The Kier molecular flexibility index (Phi) is 10.0. The smallest absolute Gasteiger partial charge is 0.374 e. The summed E-state index contributed by atoms with van der Waals surface area (Å²) in [7, 11) is -2.62. The summed E-state index contributed by atoms with van der Waals surface area (Å²) in [6.07, 6.45) is 0.909. The molecule has 0 aliphatic rings. The van der Waals surface area contributed by atoms with E-state index in [1.54, 1.807) is 6.92 Å². The minimum absolute atomic E-state index is 0.134. The molecule has 1 unspecified atom stereocenters. The largest absolute Gasteiger partial charge is 0.502 e. The number of carbonyl (C=O) groups excluding carboxylic acids is 1. The van der Waals surface area contributed by atoms with Crippen LogP contribution in [0.25, 0.3) is 0 Å². The maximum atomic E-state index is 11.2. The number of rotatable bonds is 10. The lowest BCUT2D eigenvalue weighted by molar-refractivity contribution is -0.109. The van der Waals surface area contributed by atoms with Gasteiger partial charge < -0.3 is 13.3 Å². The van der Waals surface area contributed by atoms with E-state index in [4.69, 9.17) is 13.3 Å². The summed E-state index contributed by atoms with van der Waals surface area (Å²) in [6.45, 7) is 11.2. The number of thioether (sulfide) groups is 1. The molecule has 0 spiro atoms. The van der Waals surface area contributed by atoms with Crippen LogP contribution in [0.2, 0.25) is 6.04 Å². The van der Waals surface area contributed by atoms with Gasteiger partial charge in [-0.15, -0.1) is 0 Å². The fraction of sp³-hybridized carbons (Fsp3) is 0.917. The molecule has 6 heteroatoms. The fourth-order valence-electron chi connectivity index (χ4n) is 1.74. The molecule has 0 aromatic heterocycles. The third kappa shape index (κ3) is 6.89. The summed E-state index contributed by atoms with van der Waals surface area (Å²) in [5.41, 5.74) is 0. The molecule has 0 radical (unpaired) electrons. The van der Waals surface area contributed by atoms with Crippen LogP contribution in [0.4, 0.5) is 0 Å². The van der Waals surface area contributed by atoms with Gasteiger partial charge in [0, 0.05) is 38.0 Å². The van der Waals surface area contributed by atoms with Gasteiger partial charge in [-0.3, -0.25) is 4.79 Å². The number of hydrogen-bond donors (Lipinski definition) is 0. The zero-order valence-corrected chi connectivity index (χ0v) is 14.0. The molecule has 1 atom stereocenters. The van der Waals surface area contributed by atoms with Crippen molar-refractivity contribution in [3.05, 3.63) is 0 Å². The van der Waals surface area contributed by atoms with Crippen molar-refractivity contribution in [2.45, 2.75) is 52.3 Å². The molecule has 0 saturated heterocycles. The van der Waals surface area contributed by atoms with Crippen LogP contribution in [-0.4, -0.2) is 39.0 Å². The zero-order chi connectivity index (χ0) is 14.0. The molecule has 0 saturated carbocycles. The van der Waals surface area contributed by atoms with E-state index < -0.39 is 8.80 Å². The Balaban J connectivity index is 4.74. The van der Waals surface area contributed by atoms with Crippen LogP contribution < -0.4 is 0 Å². The summed E-state index contributed by atoms with van der Waals surface area (Å²) in [5.74, 6) is 0.